The van der Waals surface area contributed by atoms with Gasteiger partial charge in [-0.2, -0.15) is 0 Å². The number of rotatable bonds is 6. The second-order valence-corrected chi connectivity index (χ2v) is 7.98. The van der Waals surface area contributed by atoms with Gasteiger partial charge in [0.05, 0.1) is 26.2 Å². The predicted molar refractivity (Wildman–Crippen MR) is 125 cm³/mol. The summed E-state index contributed by atoms with van der Waals surface area (Å²) in [5, 5.41) is -0.149. The number of hydrogen-bond acceptors (Lipinski definition) is 5. The molecule has 3 aromatic carbocycles. The summed E-state index contributed by atoms with van der Waals surface area (Å²) in [6, 6.07) is 23.5. The van der Waals surface area contributed by atoms with Gasteiger partial charge in [-0.15, -0.1) is 0 Å². The smallest absolute Gasteiger partial charge is 0.266 e. The van der Waals surface area contributed by atoms with Gasteiger partial charge in [0.2, 0.25) is 5.75 Å². The molecule has 1 unspecified atom stereocenters. The number of nitrogens with zero attached hydrogens (tertiary/aromatic N) is 1. The summed E-state index contributed by atoms with van der Waals surface area (Å²) >= 11 is 1.53. The van der Waals surface area contributed by atoms with Gasteiger partial charge in [0.25, 0.3) is 5.91 Å². The number of para-hydroxylation sites is 1. The van der Waals surface area contributed by atoms with Gasteiger partial charge in [-0.1, -0.05) is 60.3 Å². The van der Waals surface area contributed by atoms with Gasteiger partial charge in [0.1, 0.15) is 5.37 Å². The number of amides is 1. The molecule has 1 fully saturated rings. The Bertz CT molecular complexity index is 1070. The van der Waals surface area contributed by atoms with E-state index in [0.29, 0.717) is 22.2 Å². The van der Waals surface area contributed by atoms with E-state index in [-0.39, 0.29) is 11.3 Å². The minimum absolute atomic E-state index is 0.0428. The molecule has 1 aliphatic heterocycles. The molecule has 4 rings (SSSR count). The predicted octanol–water partition coefficient (Wildman–Crippen LogP) is 5.53. The highest BCUT2D eigenvalue weighted by Crippen LogP contribution is 2.49. The molecule has 1 atom stereocenters. The molecular weight excluding hydrogens is 410 g/mol. The van der Waals surface area contributed by atoms with Gasteiger partial charge in [-0.3, -0.25) is 9.69 Å². The highest BCUT2D eigenvalue weighted by atomic mass is 32.2. The van der Waals surface area contributed by atoms with Crippen molar-refractivity contribution < 1.29 is 19.0 Å². The number of ether oxygens (including phenoxy) is 3. The maximum Gasteiger partial charge on any atom is 0.266 e. The first-order valence-corrected chi connectivity index (χ1v) is 10.7. The molecule has 0 N–H and O–H groups in total. The Morgan fingerprint density at radius 2 is 1.42 bits per heavy atom. The quantitative estimate of drug-likeness (QED) is 0.478. The minimum Gasteiger partial charge on any atom is -0.493 e. The van der Waals surface area contributed by atoms with Crippen molar-refractivity contribution in [2.45, 2.75) is 5.37 Å². The molecular formula is C25H23NO4S. The zero-order valence-corrected chi connectivity index (χ0v) is 18.4. The zero-order valence-electron chi connectivity index (χ0n) is 17.6. The summed E-state index contributed by atoms with van der Waals surface area (Å²) in [6.45, 7) is 0. The van der Waals surface area contributed by atoms with Crippen molar-refractivity contribution >= 4 is 29.4 Å². The summed E-state index contributed by atoms with van der Waals surface area (Å²) in [7, 11) is 4.72. The number of methoxy groups -OCH3 is 3. The van der Waals surface area contributed by atoms with Crippen LogP contribution in [0.4, 0.5) is 5.69 Å². The lowest BCUT2D eigenvalue weighted by Crippen LogP contribution is -2.27. The third-order valence-corrected chi connectivity index (χ3v) is 6.26. The zero-order chi connectivity index (χ0) is 21.8. The number of hydrogen-bond donors (Lipinski definition) is 0. The molecule has 1 saturated heterocycles. The second-order valence-electron chi connectivity index (χ2n) is 6.86. The van der Waals surface area contributed by atoms with Crippen molar-refractivity contribution in [3.05, 3.63) is 88.8 Å². The van der Waals surface area contributed by atoms with Crippen LogP contribution in [0.1, 0.15) is 16.5 Å². The third-order valence-electron chi connectivity index (χ3n) is 5.01. The van der Waals surface area contributed by atoms with Gasteiger partial charge in [0, 0.05) is 5.69 Å². The number of benzene rings is 3. The van der Waals surface area contributed by atoms with Gasteiger partial charge in [0.15, 0.2) is 11.5 Å². The Hall–Kier alpha value is -3.38. The van der Waals surface area contributed by atoms with Crippen LogP contribution in [-0.4, -0.2) is 27.2 Å². The molecule has 1 heterocycles. The molecule has 0 spiro atoms. The molecule has 3 aromatic rings. The van der Waals surface area contributed by atoms with Crippen LogP contribution in [0.15, 0.2) is 77.7 Å². The minimum atomic E-state index is -0.149. The van der Waals surface area contributed by atoms with Crippen LogP contribution in [0.2, 0.25) is 0 Å². The van der Waals surface area contributed by atoms with Crippen LogP contribution in [-0.2, 0) is 4.79 Å². The van der Waals surface area contributed by atoms with Crippen molar-refractivity contribution in [1.82, 2.24) is 0 Å². The lowest BCUT2D eigenvalue weighted by molar-refractivity contribution is -0.114. The van der Waals surface area contributed by atoms with E-state index in [1.54, 1.807) is 21.3 Å². The Morgan fingerprint density at radius 3 is 1.97 bits per heavy atom. The average Bonchev–Trinajstić information content (AvgIpc) is 3.15. The van der Waals surface area contributed by atoms with E-state index in [1.807, 2.05) is 83.8 Å². The van der Waals surface area contributed by atoms with Crippen molar-refractivity contribution in [2.24, 2.45) is 0 Å². The third kappa shape index (κ3) is 4.11. The maximum absolute atomic E-state index is 13.5. The summed E-state index contributed by atoms with van der Waals surface area (Å²) in [4.78, 5) is 16.0. The lowest BCUT2D eigenvalue weighted by Gasteiger charge is -2.23. The van der Waals surface area contributed by atoms with Crippen molar-refractivity contribution in [3.8, 4) is 17.2 Å². The average molecular weight is 434 g/mol. The van der Waals surface area contributed by atoms with Crippen molar-refractivity contribution in [3.63, 3.8) is 0 Å². The fourth-order valence-corrected chi connectivity index (χ4v) is 4.82. The van der Waals surface area contributed by atoms with E-state index in [9.17, 15) is 4.79 Å². The molecule has 0 aromatic heterocycles. The fourth-order valence-electron chi connectivity index (χ4n) is 3.56. The first-order chi connectivity index (χ1) is 15.2. The SMILES string of the molecule is COc1cc(/C=C2/SC(c3ccccc3)N(c3ccccc3)C2=O)cc(OC)c1OC. The summed E-state index contributed by atoms with van der Waals surface area (Å²) < 4.78 is 16.3. The van der Waals surface area contributed by atoms with E-state index < -0.39 is 0 Å². The molecule has 158 valence electrons. The van der Waals surface area contributed by atoms with Gasteiger partial charge in [-0.05, 0) is 41.5 Å². The van der Waals surface area contributed by atoms with Crippen LogP contribution in [0, 0.1) is 0 Å². The number of thioether (sulfide) groups is 1. The van der Waals surface area contributed by atoms with E-state index in [1.165, 1.54) is 11.8 Å². The van der Waals surface area contributed by atoms with Gasteiger partial charge < -0.3 is 14.2 Å². The molecule has 0 aliphatic carbocycles. The Labute approximate surface area is 186 Å². The van der Waals surface area contributed by atoms with Crippen molar-refractivity contribution in [1.29, 1.82) is 0 Å². The summed E-state index contributed by atoms with van der Waals surface area (Å²) in [6.07, 6.45) is 1.87. The van der Waals surface area contributed by atoms with Crippen molar-refractivity contribution in [2.75, 3.05) is 26.2 Å². The van der Waals surface area contributed by atoms with Crippen LogP contribution < -0.4 is 19.1 Å². The van der Waals surface area contributed by atoms with Gasteiger partial charge >= 0.3 is 0 Å². The Morgan fingerprint density at radius 1 is 0.839 bits per heavy atom. The first-order valence-electron chi connectivity index (χ1n) is 9.78. The molecule has 31 heavy (non-hydrogen) atoms. The van der Waals surface area contributed by atoms with Crippen LogP contribution in [0.3, 0.4) is 0 Å². The Balaban J connectivity index is 1.78. The molecule has 0 radical (unpaired) electrons. The van der Waals surface area contributed by atoms with E-state index in [2.05, 4.69) is 0 Å². The second kappa shape index (κ2) is 9.18. The van der Waals surface area contributed by atoms with Crippen LogP contribution >= 0.6 is 11.8 Å². The molecule has 6 heteroatoms. The summed E-state index contributed by atoms with van der Waals surface area (Å²) in [5.41, 5.74) is 2.73. The Kier molecular flexibility index (Phi) is 6.18. The lowest BCUT2D eigenvalue weighted by atomic mass is 10.1. The fraction of sp³-hybridized carbons (Fsp3) is 0.160. The molecule has 1 aliphatic rings. The highest BCUT2D eigenvalue weighted by Gasteiger charge is 2.38. The van der Waals surface area contributed by atoms with E-state index >= 15 is 0 Å². The molecule has 5 nitrogen and oxygen atoms in total. The van der Waals surface area contributed by atoms with Crippen LogP contribution in [0.25, 0.3) is 6.08 Å². The van der Waals surface area contributed by atoms with E-state index in [4.69, 9.17) is 14.2 Å². The normalized spacial score (nSPS) is 17.1. The standard InChI is InChI=1S/C25H23NO4S/c1-28-20-14-17(15-21(29-2)23(20)30-3)16-22-24(27)26(19-12-8-5-9-13-19)25(31-22)18-10-6-4-7-11-18/h4-16,25H,1-3H3/b22-16+. The summed E-state index contributed by atoms with van der Waals surface area (Å²) in [5.74, 6) is 1.57. The monoisotopic (exact) mass is 433 g/mol. The highest BCUT2D eigenvalue weighted by molar-refractivity contribution is 8.05. The molecule has 1 amide bonds. The first kappa shape index (κ1) is 20.9. The number of carbonyl (C=O) groups excluding carboxylic acids is 1. The topological polar surface area (TPSA) is 48.0 Å². The van der Waals surface area contributed by atoms with Gasteiger partial charge in [-0.25, -0.2) is 0 Å². The maximum atomic E-state index is 13.5. The van der Waals surface area contributed by atoms with E-state index in [0.717, 1.165) is 16.8 Å². The number of anilines is 1. The number of carbonyl (C=O) groups is 1. The van der Waals surface area contributed by atoms with Crippen LogP contribution in [0.5, 0.6) is 17.2 Å². The molecule has 0 bridgehead atoms. The largest absolute Gasteiger partial charge is 0.493 e. The molecule has 0 saturated carbocycles.